The van der Waals surface area contributed by atoms with Crippen molar-refractivity contribution in [2.45, 2.75) is 6.92 Å². The van der Waals surface area contributed by atoms with Crippen molar-refractivity contribution in [3.05, 3.63) is 0 Å². The monoisotopic (exact) mass is 274 g/mol. The fraction of sp³-hybridized carbons (Fsp3) is 0.833. The van der Waals surface area contributed by atoms with Crippen LogP contribution in [0.25, 0.3) is 0 Å². The summed E-state index contributed by atoms with van der Waals surface area (Å²) in [6.45, 7) is 1.99. The van der Waals surface area contributed by atoms with Gasteiger partial charge >= 0.3 is 5.97 Å². The fourth-order valence-corrected chi connectivity index (χ4v) is 1.85. The van der Waals surface area contributed by atoms with Crippen molar-refractivity contribution in [2.75, 3.05) is 22.5 Å². The van der Waals surface area contributed by atoms with E-state index in [9.17, 15) is 4.79 Å². The average Bonchev–Trinajstić information content (AvgIpc) is 1.87. The minimum atomic E-state index is -0.185. The molecule has 0 aromatic rings. The van der Waals surface area contributed by atoms with E-state index in [-0.39, 0.29) is 5.97 Å². The van der Waals surface area contributed by atoms with E-state index >= 15 is 0 Å². The highest BCUT2D eigenvalue weighted by molar-refractivity contribution is 14.1. The highest BCUT2D eigenvalue weighted by Crippen LogP contribution is 2.00. The first-order chi connectivity index (χ1) is 4.77. The minimum absolute atomic E-state index is 0.185. The van der Waals surface area contributed by atoms with Gasteiger partial charge in [0.05, 0.1) is 0 Å². The molecule has 0 aliphatic carbocycles. The van der Waals surface area contributed by atoms with Gasteiger partial charge in [-0.15, -0.1) is 0 Å². The molecule has 0 unspecified atom stereocenters. The van der Waals surface area contributed by atoms with Gasteiger partial charge in [-0.05, 0) is 0 Å². The van der Waals surface area contributed by atoms with Gasteiger partial charge in [0.2, 0.25) is 0 Å². The molecule has 0 heterocycles. The molecule has 0 spiro atoms. The summed E-state index contributed by atoms with van der Waals surface area (Å²) in [5.41, 5.74) is 0. The number of alkyl halides is 1. The Morgan fingerprint density at radius 1 is 1.60 bits per heavy atom. The van der Waals surface area contributed by atoms with E-state index in [4.69, 9.17) is 4.74 Å². The van der Waals surface area contributed by atoms with Gasteiger partial charge in [0.1, 0.15) is 6.61 Å². The maximum Gasteiger partial charge on any atom is 0.302 e. The predicted molar refractivity (Wildman–Crippen MR) is 52.8 cm³/mol. The second kappa shape index (κ2) is 7.65. The molecule has 0 bridgehead atoms. The van der Waals surface area contributed by atoms with Crippen molar-refractivity contribution >= 4 is 40.3 Å². The van der Waals surface area contributed by atoms with Crippen LogP contribution in [0.5, 0.6) is 0 Å². The van der Waals surface area contributed by atoms with Crippen LogP contribution in [0.15, 0.2) is 0 Å². The molecule has 60 valence electrons. The van der Waals surface area contributed by atoms with Gasteiger partial charge in [0.15, 0.2) is 0 Å². The largest absolute Gasteiger partial charge is 0.465 e. The Morgan fingerprint density at radius 2 is 2.30 bits per heavy atom. The second-order valence-electron chi connectivity index (χ2n) is 1.64. The second-order valence-corrected chi connectivity index (χ2v) is 3.94. The van der Waals surface area contributed by atoms with Gasteiger partial charge in [-0.3, -0.25) is 4.79 Å². The fourth-order valence-electron chi connectivity index (χ4n) is 0.401. The number of carbonyl (C=O) groups is 1. The summed E-state index contributed by atoms with van der Waals surface area (Å²) in [6, 6.07) is 0. The van der Waals surface area contributed by atoms with Crippen molar-refractivity contribution in [3.8, 4) is 0 Å². The lowest BCUT2D eigenvalue weighted by Gasteiger charge is -1.99. The molecule has 0 atom stereocenters. The average molecular weight is 274 g/mol. The Labute approximate surface area is 79.2 Å². The van der Waals surface area contributed by atoms with Crippen LogP contribution < -0.4 is 0 Å². The molecular weight excluding hydrogens is 263 g/mol. The van der Waals surface area contributed by atoms with E-state index in [0.717, 1.165) is 15.9 Å². The summed E-state index contributed by atoms with van der Waals surface area (Å²) in [5, 5.41) is 0. The number of carbonyl (C=O) groups excluding carboxylic acids is 1. The Kier molecular flexibility index (Phi) is 8.08. The van der Waals surface area contributed by atoms with Crippen LogP contribution in [0.4, 0.5) is 0 Å². The summed E-state index contributed by atoms with van der Waals surface area (Å²) in [4.78, 5) is 10.2. The normalized spacial score (nSPS) is 9.40. The quantitative estimate of drug-likeness (QED) is 0.330. The molecule has 0 radical (unpaired) electrons. The summed E-state index contributed by atoms with van der Waals surface area (Å²) in [6.07, 6.45) is 0. The van der Waals surface area contributed by atoms with Gasteiger partial charge in [-0.1, -0.05) is 22.6 Å². The van der Waals surface area contributed by atoms with Gasteiger partial charge in [0, 0.05) is 22.9 Å². The van der Waals surface area contributed by atoms with Crippen molar-refractivity contribution in [1.29, 1.82) is 0 Å². The molecule has 0 rings (SSSR count). The molecule has 0 saturated heterocycles. The number of thioether (sulfide) groups is 1. The molecule has 0 aromatic heterocycles. The van der Waals surface area contributed by atoms with Gasteiger partial charge in [-0.2, -0.15) is 11.8 Å². The molecule has 0 fully saturated rings. The Bertz CT molecular complexity index is 97.7. The predicted octanol–water partition coefficient (Wildman–Crippen LogP) is 1.72. The van der Waals surface area contributed by atoms with Crippen molar-refractivity contribution in [2.24, 2.45) is 0 Å². The minimum Gasteiger partial charge on any atom is -0.465 e. The zero-order valence-corrected chi connectivity index (χ0v) is 8.91. The van der Waals surface area contributed by atoms with Crippen molar-refractivity contribution in [3.63, 3.8) is 0 Å². The van der Waals surface area contributed by atoms with Crippen LogP contribution in [-0.4, -0.2) is 28.5 Å². The number of ether oxygens (including phenoxy) is 1. The summed E-state index contributed by atoms with van der Waals surface area (Å²) >= 11 is 4.13. The lowest BCUT2D eigenvalue weighted by Crippen LogP contribution is -2.02. The number of hydrogen-bond donors (Lipinski definition) is 0. The number of halogens is 1. The smallest absolute Gasteiger partial charge is 0.302 e. The molecule has 0 amide bonds. The molecule has 4 heteroatoms. The highest BCUT2D eigenvalue weighted by atomic mass is 127. The number of hydrogen-bond acceptors (Lipinski definition) is 3. The van der Waals surface area contributed by atoms with Crippen molar-refractivity contribution < 1.29 is 9.53 Å². The Hall–Kier alpha value is 0.550. The molecule has 0 saturated carbocycles. The van der Waals surface area contributed by atoms with E-state index in [1.54, 1.807) is 0 Å². The molecule has 10 heavy (non-hydrogen) atoms. The van der Waals surface area contributed by atoms with E-state index in [1.807, 2.05) is 11.8 Å². The highest BCUT2D eigenvalue weighted by Gasteiger charge is 1.91. The van der Waals surface area contributed by atoms with Gasteiger partial charge < -0.3 is 4.74 Å². The summed E-state index contributed by atoms with van der Waals surface area (Å²) in [7, 11) is 0. The van der Waals surface area contributed by atoms with Crippen LogP contribution in [0.2, 0.25) is 0 Å². The third-order valence-electron chi connectivity index (χ3n) is 0.754. The lowest BCUT2D eigenvalue weighted by molar-refractivity contribution is -0.140. The summed E-state index contributed by atoms with van der Waals surface area (Å²) < 4.78 is 5.88. The van der Waals surface area contributed by atoms with Crippen LogP contribution in [0.3, 0.4) is 0 Å². The first-order valence-electron chi connectivity index (χ1n) is 3.04. The zero-order chi connectivity index (χ0) is 7.82. The SMILES string of the molecule is CC(=O)OCCSCCI. The third kappa shape index (κ3) is 8.55. The standard InChI is InChI=1S/C6H11IO2S/c1-6(8)9-3-5-10-4-2-7/h2-5H2,1H3. The maximum absolute atomic E-state index is 10.2. The number of esters is 1. The first-order valence-corrected chi connectivity index (χ1v) is 5.72. The lowest BCUT2D eigenvalue weighted by atomic mass is 10.8. The van der Waals surface area contributed by atoms with Crippen LogP contribution in [-0.2, 0) is 9.53 Å². The third-order valence-corrected chi connectivity index (χ3v) is 2.97. The molecular formula is C6H11IO2S. The van der Waals surface area contributed by atoms with Crippen LogP contribution >= 0.6 is 34.4 Å². The van der Waals surface area contributed by atoms with Crippen LogP contribution in [0.1, 0.15) is 6.92 Å². The first kappa shape index (κ1) is 10.6. The molecule has 0 aromatic carbocycles. The molecule has 0 aliphatic heterocycles. The van der Waals surface area contributed by atoms with Crippen LogP contribution in [0, 0.1) is 0 Å². The number of rotatable bonds is 5. The molecule has 0 N–H and O–H groups in total. The van der Waals surface area contributed by atoms with E-state index in [2.05, 4.69) is 22.6 Å². The van der Waals surface area contributed by atoms with E-state index < -0.39 is 0 Å². The van der Waals surface area contributed by atoms with Crippen molar-refractivity contribution in [1.82, 2.24) is 0 Å². The molecule has 0 aliphatic rings. The van der Waals surface area contributed by atoms with Gasteiger partial charge in [-0.25, -0.2) is 0 Å². The topological polar surface area (TPSA) is 26.3 Å². The Morgan fingerprint density at radius 3 is 2.80 bits per heavy atom. The van der Waals surface area contributed by atoms with Gasteiger partial charge in [0.25, 0.3) is 0 Å². The Balaban J connectivity index is 2.84. The van der Waals surface area contributed by atoms with E-state index in [0.29, 0.717) is 6.61 Å². The maximum atomic E-state index is 10.2. The zero-order valence-electron chi connectivity index (χ0n) is 5.93. The van der Waals surface area contributed by atoms with E-state index in [1.165, 1.54) is 6.92 Å². The summed E-state index contributed by atoms with van der Waals surface area (Å²) in [5.74, 6) is 1.87. The molecule has 2 nitrogen and oxygen atoms in total.